The Kier molecular flexibility index (Phi) is 6.83. The quantitative estimate of drug-likeness (QED) is 0.654. The van der Waals surface area contributed by atoms with Gasteiger partial charge in [0.25, 0.3) is 11.8 Å². The zero-order valence-electron chi connectivity index (χ0n) is 18.8. The van der Waals surface area contributed by atoms with Crippen LogP contribution in [0.4, 0.5) is 0 Å². The summed E-state index contributed by atoms with van der Waals surface area (Å²) in [6.45, 7) is 1.65. The minimum Gasteiger partial charge on any atom is -0.493 e. The van der Waals surface area contributed by atoms with Gasteiger partial charge in [-0.1, -0.05) is 38.2 Å². The van der Waals surface area contributed by atoms with E-state index in [1.54, 1.807) is 19.1 Å². The van der Waals surface area contributed by atoms with Crippen molar-refractivity contribution >= 4 is 17.4 Å². The highest BCUT2D eigenvalue weighted by atomic mass is 16.5. The Bertz CT molecular complexity index is 849. The Morgan fingerprint density at radius 1 is 0.774 bits per heavy atom. The van der Waals surface area contributed by atoms with Crippen molar-refractivity contribution in [2.45, 2.75) is 70.3 Å². The van der Waals surface area contributed by atoms with E-state index in [-0.39, 0.29) is 17.9 Å². The van der Waals surface area contributed by atoms with E-state index >= 15 is 0 Å². The molecule has 2 amide bonds. The van der Waals surface area contributed by atoms with Gasteiger partial charge in [-0.2, -0.15) is 0 Å². The van der Waals surface area contributed by atoms with Gasteiger partial charge in [-0.3, -0.25) is 14.5 Å². The zero-order chi connectivity index (χ0) is 21.8. The second kappa shape index (κ2) is 9.75. The van der Waals surface area contributed by atoms with Crippen LogP contribution >= 0.6 is 0 Å². The summed E-state index contributed by atoms with van der Waals surface area (Å²) in [7, 11) is 3.18. The van der Waals surface area contributed by atoms with E-state index in [9.17, 15) is 9.59 Å². The molecular formula is C25H34N2O4. The number of carbonyl (C=O) groups excluding carboxylic acids is 2. The topological polar surface area (TPSA) is 59.1 Å². The molecule has 1 saturated carbocycles. The van der Waals surface area contributed by atoms with Crippen LogP contribution in [0.2, 0.25) is 0 Å². The molecule has 4 rings (SSSR count). The molecule has 0 unspecified atom stereocenters. The van der Waals surface area contributed by atoms with Crippen LogP contribution in [0.3, 0.4) is 0 Å². The van der Waals surface area contributed by atoms with Gasteiger partial charge in [0.15, 0.2) is 11.5 Å². The van der Waals surface area contributed by atoms with Gasteiger partial charge in [0.2, 0.25) is 0 Å². The van der Waals surface area contributed by atoms with Crippen molar-refractivity contribution in [2.75, 3.05) is 27.3 Å². The van der Waals surface area contributed by atoms with E-state index in [4.69, 9.17) is 9.47 Å². The second-order valence-corrected chi connectivity index (χ2v) is 8.82. The van der Waals surface area contributed by atoms with Crippen LogP contribution in [0.25, 0.3) is 5.57 Å². The highest BCUT2D eigenvalue weighted by Gasteiger charge is 2.44. The van der Waals surface area contributed by atoms with Crippen LogP contribution in [-0.2, 0) is 9.59 Å². The molecule has 1 aromatic carbocycles. The highest BCUT2D eigenvalue weighted by molar-refractivity contribution is 6.35. The summed E-state index contributed by atoms with van der Waals surface area (Å²) in [5.41, 5.74) is 1.83. The van der Waals surface area contributed by atoms with E-state index in [0.29, 0.717) is 22.8 Å². The molecule has 2 aliphatic heterocycles. The molecule has 0 N–H and O–H groups in total. The molecule has 6 nitrogen and oxygen atoms in total. The van der Waals surface area contributed by atoms with E-state index < -0.39 is 0 Å². The Hall–Kier alpha value is -2.50. The molecule has 1 aromatic rings. The van der Waals surface area contributed by atoms with Gasteiger partial charge in [0.05, 0.1) is 19.8 Å². The van der Waals surface area contributed by atoms with E-state index in [1.807, 2.05) is 18.2 Å². The SMILES string of the molecule is COc1ccc(C2=C(N3CCCCC3)C(=O)N(C3CCCCCCC3)C2=O)cc1OC. The Balaban J connectivity index is 1.75. The predicted octanol–water partition coefficient (Wildman–Crippen LogP) is 4.38. The maximum absolute atomic E-state index is 13.8. The third-order valence-corrected chi connectivity index (χ3v) is 6.88. The average Bonchev–Trinajstić information content (AvgIpc) is 3.04. The number of imide groups is 1. The maximum atomic E-state index is 13.8. The summed E-state index contributed by atoms with van der Waals surface area (Å²) in [5, 5.41) is 0. The number of carbonyl (C=O) groups is 2. The lowest BCUT2D eigenvalue weighted by molar-refractivity contribution is -0.140. The van der Waals surface area contributed by atoms with Gasteiger partial charge in [-0.25, -0.2) is 0 Å². The molecule has 0 bridgehead atoms. The molecule has 2 fully saturated rings. The minimum absolute atomic E-state index is 0.00210. The standard InChI is InChI=1S/C25H34N2O4/c1-30-20-14-13-18(17-21(20)31-2)22-23(26-15-9-6-10-16-26)25(29)27(24(22)28)19-11-7-4-3-5-8-12-19/h13-14,17,19H,3-12,15-16H2,1-2H3. The van der Waals surface area contributed by atoms with Crippen molar-refractivity contribution in [1.82, 2.24) is 9.80 Å². The molecular weight excluding hydrogens is 392 g/mol. The van der Waals surface area contributed by atoms with Crippen LogP contribution in [0.1, 0.15) is 69.8 Å². The van der Waals surface area contributed by atoms with Gasteiger partial charge in [0.1, 0.15) is 5.70 Å². The molecule has 2 heterocycles. The first-order valence-corrected chi connectivity index (χ1v) is 11.7. The van der Waals surface area contributed by atoms with Crippen LogP contribution in [0.5, 0.6) is 11.5 Å². The molecule has 168 valence electrons. The number of amides is 2. The van der Waals surface area contributed by atoms with Gasteiger partial charge in [-0.05, 0) is 49.8 Å². The summed E-state index contributed by atoms with van der Waals surface area (Å²) in [6, 6.07) is 5.50. The summed E-state index contributed by atoms with van der Waals surface area (Å²) in [6.07, 6.45) is 10.9. The molecule has 0 atom stereocenters. The molecule has 3 aliphatic rings. The number of likely N-dealkylation sites (tertiary alicyclic amines) is 1. The molecule has 0 aromatic heterocycles. The fourth-order valence-corrected chi connectivity index (χ4v) is 5.22. The lowest BCUT2D eigenvalue weighted by Gasteiger charge is -2.31. The Labute approximate surface area is 185 Å². The van der Waals surface area contributed by atoms with E-state index in [2.05, 4.69) is 4.90 Å². The van der Waals surface area contributed by atoms with Crippen molar-refractivity contribution in [2.24, 2.45) is 0 Å². The minimum atomic E-state index is -0.150. The van der Waals surface area contributed by atoms with Crippen molar-refractivity contribution in [1.29, 1.82) is 0 Å². The predicted molar refractivity (Wildman–Crippen MR) is 120 cm³/mol. The number of piperidine rings is 1. The fourth-order valence-electron chi connectivity index (χ4n) is 5.22. The summed E-state index contributed by atoms with van der Waals surface area (Å²) in [5.74, 6) is 0.917. The van der Waals surface area contributed by atoms with Gasteiger partial charge < -0.3 is 14.4 Å². The zero-order valence-corrected chi connectivity index (χ0v) is 18.8. The van der Waals surface area contributed by atoms with Crippen LogP contribution in [0.15, 0.2) is 23.9 Å². The lowest BCUT2D eigenvalue weighted by atomic mass is 9.95. The second-order valence-electron chi connectivity index (χ2n) is 8.82. The van der Waals surface area contributed by atoms with Crippen molar-refractivity contribution < 1.29 is 19.1 Å². The van der Waals surface area contributed by atoms with Gasteiger partial charge in [-0.15, -0.1) is 0 Å². The Morgan fingerprint density at radius 2 is 1.39 bits per heavy atom. The normalized spacial score (nSPS) is 21.4. The molecule has 31 heavy (non-hydrogen) atoms. The lowest BCUT2D eigenvalue weighted by Crippen LogP contribution is -2.43. The van der Waals surface area contributed by atoms with Crippen molar-refractivity contribution in [3.05, 3.63) is 29.5 Å². The summed E-state index contributed by atoms with van der Waals surface area (Å²) < 4.78 is 10.9. The van der Waals surface area contributed by atoms with Crippen LogP contribution in [0, 0.1) is 0 Å². The number of nitrogens with zero attached hydrogens (tertiary/aromatic N) is 2. The van der Waals surface area contributed by atoms with Gasteiger partial charge in [0, 0.05) is 19.1 Å². The van der Waals surface area contributed by atoms with E-state index in [1.165, 1.54) is 25.7 Å². The number of hydrogen-bond donors (Lipinski definition) is 0. The van der Waals surface area contributed by atoms with Crippen LogP contribution in [-0.4, -0.2) is 55.0 Å². The van der Waals surface area contributed by atoms with Crippen molar-refractivity contribution in [3.63, 3.8) is 0 Å². The average molecular weight is 427 g/mol. The van der Waals surface area contributed by atoms with Crippen molar-refractivity contribution in [3.8, 4) is 11.5 Å². The number of ether oxygens (including phenoxy) is 2. The first-order chi connectivity index (χ1) is 15.2. The first-order valence-electron chi connectivity index (χ1n) is 11.7. The van der Waals surface area contributed by atoms with E-state index in [0.717, 1.165) is 57.2 Å². The van der Waals surface area contributed by atoms with Gasteiger partial charge >= 0.3 is 0 Å². The largest absolute Gasteiger partial charge is 0.493 e. The monoisotopic (exact) mass is 426 g/mol. The number of rotatable bonds is 5. The highest BCUT2D eigenvalue weighted by Crippen LogP contribution is 2.39. The fraction of sp³-hybridized carbons (Fsp3) is 0.600. The van der Waals surface area contributed by atoms with Crippen LogP contribution < -0.4 is 9.47 Å². The summed E-state index contributed by atoms with van der Waals surface area (Å²) in [4.78, 5) is 31.2. The number of benzene rings is 1. The molecule has 0 radical (unpaired) electrons. The summed E-state index contributed by atoms with van der Waals surface area (Å²) >= 11 is 0. The third kappa shape index (κ3) is 4.30. The molecule has 6 heteroatoms. The smallest absolute Gasteiger partial charge is 0.278 e. The number of hydrogen-bond acceptors (Lipinski definition) is 5. The number of methoxy groups -OCH3 is 2. The molecule has 0 spiro atoms. The molecule has 1 saturated heterocycles. The molecule has 1 aliphatic carbocycles. The first kappa shape index (κ1) is 21.7. The Morgan fingerprint density at radius 3 is 2.03 bits per heavy atom. The maximum Gasteiger partial charge on any atom is 0.278 e. The third-order valence-electron chi connectivity index (χ3n) is 6.88.